The standard InChI is InChI=1S/C13H14F3N3O7/c1-2-26-4-3-17-12(23)18-11(22)8-6(13(14,15)16)5-7(20)10(21)9(8)19(24)25/h5,20-21H,2-4H2,1H3,(H2,17,18,22,23). The van der Waals surface area contributed by atoms with Gasteiger partial charge in [-0.15, -0.1) is 0 Å². The molecule has 0 saturated carbocycles. The molecular formula is C13H14F3N3O7. The minimum absolute atomic E-state index is 0.0513. The SMILES string of the molecule is CCOCCNC(=O)NC(=O)c1c(C(F)(F)F)cc(O)c(O)c1[N+](=O)[O-]. The van der Waals surface area contributed by atoms with Gasteiger partial charge in [0, 0.05) is 13.2 Å². The number of imide groups is 1. The van der Waals surface area contributed by atoms with Crippen molar-refractivity contribution in [3.05, 3.63) is 27.3 Å². The quantitative estimate of drug-likeness (QED) is 0.252. The van der Waals surface area contributed by atoms with Crippen LogP contribution in [-0.2, 0) is 10.9 Å². The van der Waals surface area contributed by atoms with E-state index in [1.54, 1.807) is 6.92 Å². The summed E-state index contributed by atoms with van der Waals surface area (Å²) in [5.74, 6) is -4.76. The first kappa shape index (κ1) is 21.0. The molecule has 144 valence electrons. The number of nitro groups is 1. The van der Waals surface area contributed by atoms with Crippen molar-refractivity contribution in [3.63, 3.8) is 0 Å². The molecule has 1 rings (SSSR count). The number of phenolic OH excluding ortho intramolecular Hbond substituents is 2. The van der Waals surface area contributed by atoms with E-state index in [4.69, 9.17) is 4.74 Å². The van der Waals surface area contributed by atoms with E-state index in [0.29, 0.717) is 6.61 Å². The van der Waals surface area contributed by atoms with E-state index in [0.717, 1.165) is 0 Å². The van der Waals surface area contributed by atoms with Crippen molar-refractivity contribution in [1.82, 2.24) is 10.6 Å². The highest BCUT2D eigenvalue weighted by atomic mass is 19.4. The van der Waals surface area contributed by atoms with Crippen LogP contribution in [0.1, 0.15) is 22.8 Å². The summed E-state index contributed by atoms with van der Waals surface area (Å²) in [7, 11) is 0. The van der Waals surface area contributed by atoms with E-state index in [9.17, 15) is 43.1 Å². The molecule has 0 radical (unpaired) electrons. The van der Waals surface area contributed by atoms with Crippen molar-refractivity contribution in [1.29, 1.82) is 0 Å². The predicted molar refractivity (Wildman–Crippen MR) is 78.8 cm³/mol. The van der Waals surface area contributed by atoms with Crippen LogP contribution in [0.25, 0.3) is 0 Å². The molecule has 0 aromatic heterocycles. The number of amides is 3. The van der Waals surface area contributed by atoms with Crippen LogP contribution in [0.2, 0.25) is 0 Å². The Morgan fingerprint density at radius 2 is 1.96 bits per heavy atom. The van der Waals surface area contributed by atoms with Gasteiger partial charge < -0.3 is 20.3 Å². The van der Waals surface area contributed by atoms with Gasteiger partial charge in [-0.2, -0.15) is 13.2 Å². The summed E-state index contributed by atoms with van der Waals surface area (Å²) in [6.45, 7) is 2.00. The monoisotopic (exact) mass is 381 g/mol. The van der Waals surface area contributed by atoms with Gasteiger partial charge in [0.2, 0.25) is 5.75 Å². The number of nitrogens with one attached hydrogen (secondary N) is 2. The second kappa shape index (κ2) is 8.33. The lowest BCUT2D eigenvalue weighted by Crippen LogP contribution is -2.41. The first-order valence-corrected chi connectivity index (χ1v) is 6.98. The number of hydrogen-bond acceptors (Lipinski definition) is 7. The lowest BCUT2D eigenvalue weighted by atomic mass is 10.0. The fraction of sp³-hybridized carbons (Fsp3) is 0.385. The van der Waals surface area contributed by atoms with Crippen molar-refractivity contribution in [2.24, 2.45) is 0 Å². The van der Waals surface area contributed by atoms with Gasteiger partial charge in [0.25, 0.3) is 5.91 Å². The third-order valence-corrected chi connectivity index (χ3v) is 2.93. The number of benzene rings is 1. The van der Waals surface area contributed by atoms with E-state index in [2.05, 4.69) is 5.32 Å². The van der Waals surface area contributed by atoms with E-state index in [1.165, 1.54) is 5.32 Å². The Morgan fingerprint density at radius 3 is 2.46 bits per heavy atom. The third kappa shape index (κ3) is 4.95. The fourth-order valence-corrected chi connectivity index (χ4v) is 1.87. The van der Waals surface area contributed by atoms with Gasteiger partial charge in [-0.25, -0.2) is 4.79 Å². The fourth-order valence-electron chi connectivity index (χ4n) is 1.87. The van der Waals surface area contributed by atoms with Gasteiger partial charge in [-0.05, 0) is 13.0 Å². The zero-order chi connectivity index (χ0) is 20.1. The molecule has 0 saturated heterocycles. The van der Waals surface area contributed by atoms with Gasteiger partial charge in [0.15, 0.2) is 5.75 Å². The van der Waals surface area contributed by atoms with Crippen LogP contribution >= 0.6 is 0 Å². The third-order valence-electron chi connectivity index (χ3n) is 2.93. The summed E-state index contributed by atoms with van der Waals surface area (Å²) in [6.07, 6.45) is -5.28. The number of carbonyl (C=O) groups excluding carboxylic acids is 2. The van der Waals surface area contributed by atoms with Crippen molar-refractivity contribution in [2.75, 3.05) is 19.8 Å². The van der Waals surface area contributed by atoms with Gasteiger partial charge in [-0.1, -0.05) is 0 Å². The summed E-state index contributed by atoms with van der Waals surface area (Å²) >= 11 is 0. The number of hydrogen-bond donors (Lipinski definition) is 4. The average molecular weight is 381 g/mol. The van der Waals surface area contributed by atoms with Crippen LogP contribution in [-0.4, -0.2) is 46.8 Å². The second-order valence-corrected chi connectivity index (χ2v) is 4.68. The minimum atomic E-state index is -5.28. The lowest BCUT2D eigenvalue weighted by Gasteiger charge is -2.14. The Morgan fingerprint density at radius 1 is 1.35 bits per heavy atom. The summed E-state index contributed by atoms with van der Waals surface area (Å²) < 4.78 is 44.1. The Labute approximate surface area is 143 Å². The molecule has 0 unspecified atom stereocenters. The van der Waals surface area contributed by atoms with Crippen LogP contribution in [0.3, 0.4) is 0 Å². The molecule has 3 amide bonds. The highest BCUT2D eigenvalue weighted by molar-refractivity contribution is 6.08. The number of alkyl halides is 3. The highest BCUT2D eigenvalue weighted by Crippen LogP contribution is 2.45. The minimum Gasteiger partial charge on any atom is -0.504 e. The van der Waals surface area contributed by atoms with Crippen LogP contribution < -0.4 is 10.6 Å². The van der Waals surface area contributed by atoms with E-state index in [1.807, 2.05) is 0 Å². The smallest absolute Gasteiger partial charge is 0.417 e. The molecule has 26 heavy (non-hydrogen) atoms. The summed E-state index contributed by atoms with van der Waals surface area (Å²) in [5.41, 5.74) is -5.19. The average Bonchev–Trinajstić information content (AvgIpc) is 2.52. The number of rotatable bonds is 6. The van der Waals surface area contributed by atoms with Crippen LogP contribution in [0.15, 0.2) is 6.07 Å². The molecule has 0 heterocycles. The van der Waals surface area contributed by atoms with Crippen molar-refractivity contribution in [3.8, 4) is 11.5 Å². The maximum absolute atomic E-state index is 13.1. The molecule has 13 heteroatoms. The molecule has 0 aliphatic carbocycles. The Kier molecular flexibility index (Phi) is 6.71. The van der Waals surface area contributed by atoms with Crippen molar-refractivity contribution in [2.45, 2.75) is 13.1 Å². The zero-order valence-corrected chi connectivity index (χ0v) is 13.2. The van der Waals surface area contributed by atoms with Crippen LogP contribution in [0, 0.1) is 10.1 Å². The molecule has 0 atom stereocenters. The molecule has 4 N–H and O–H groups in total. The second-order valence-electron chi connectivity index (χ2n) is 4.68. The molecule has 0 fully saturated rings. The molecular weight excluding hydrogens is 367 g/mol. The molecule has 0 aliphatic heterocycles. The number of urea groups is 1. The van der Waals surface area contributed by atoms with E-state index in [-0.39, 0.29) is 19.2 Å². The van der Waals surface area contributed by atoms with Crippen molar-refractivity contribution < 1.29 is 42.6 Å². The molecule has 1 aromatic carbocycles. The summed E-state index contributed by atoms with van der Waals surface area (Å²) in [4.78, 5) is 33.0. The maximum Gasteiger partial charge on any atom is 0.417 e. The van der Waals surface area contributed by atoms with Gasteiger partial charge in [0.1, 0.15) is 5.56 Å². The lowest BCUT2D eigenvalue weighted by molar-refractivity contribution is -0.386. The van der Waals surface area contributed by atoms with Gasteiger partial charge >= 0.3 is 17.9 Å². The Balaban J connectivity index is 3.24. The molecule has 10 nitrogen and oxygen atoms in total. The molecule has 0 spiro atoms. The summed E-state index contributed by atoms with van der Waals surface area (Å²) in [5, 5.41) is 33.3. The van der Waals surface area contributed by atoms with Gasteiger partial charge in [-0.3, -0.25) is 20.2 Å². The Hall–Kier alpha value is -3.09. The number of nitro benzene ring substituents is 1. The largest absolute Gasteiger partial charge is 0.504 e. The van der Waals surface area contributed by atoms with Crippen LogP contribution in [0.5, 0.6) is 11.5 Å². The normalized spacial score (nSPS) is 11.1. The van der Waals surface area contributed by atoms with Crippen molar-refractivity contribution >= 4 is 17.6 Å². The van der Waals surface area contributed by atoms with Crippen LogP contribution in [0.4, 0.5) is 23.7 Å². The zero-order valence-electron chi connectivity index (χ0n) is 13.2. The van der Waals surface area contributed by atoms with E-state index >= 15 is 0 Å². The predicted octanol–water partition coefficient (Wildman–Crippen LogP) is 1.50. The van der Waals surface area contributed by atoms with Gasteiger partial charge in [0.05, 0.1) is 17.1 Å². The number of phenols is 2. The molecule has 1 aromatic rings. The highest BCUT2D eigenvalue weighted by Gasteiger charge is 2.43. The maximum atomic E-state index is 13.1. The number of ether oxygens (including phenoxy) is 1. The topological polar surface area (TPSA) is 151 Å². The van der Waals surface area contributed by atoms with E-state index < -0.39 is 51.4 Å². The number of aromatic hydroxyl groups is 2. The first-order chi connectivity index (χ1) is 12.0. The molecule has 0 bridgehead atoms. The molecule has 0 aliphatic rings. The number of nitrogens with zero attached hydrogens (tertiary/aromatic N) is 1. The first-order valence-electron chi connectivity index (χ1n) is 6.98. The summed E-state index contributed by atoms with van der Waals surface area (Å²) in [6, 6.07) is -1.28. The Bertz CT molecular complexity index is 722. The number of halogens is 3. The number of carbonyl (C=O) groups is 2.